The van der Waals surface area contributed by atoms with Crippen LogP contribution in [0.1, 0.15) is 15.9 Å². The molecule has 0 N–H and O–H groups in total. The van der Waals surface area contributed by atoms with E-state index < -0.39 is 0 Å². The number of carbonyl (C=O) groups excluding carboxylic acids is 1. The Hall–Kier alpha value is -1.52. The molecular weight excluding hydrogens is 354 g/mol. The predicted molar refractivity (Wildman–Crippen MR) is 87.9 cm³/mol. The van der Waals surface area contributed by atoms with Crippen molar-refractivity contribution in [2.45, 2.75) is 6.54 Å². The standard InChI is InChI=1S/C16H15BrClNO2/c1-19(10-11-3-5-12(18)6-4-11)16(20)14-9-13(21-2)7-8-15(14)17/h3-9H,10H2,1-2H3. The fourth-order valence-corrected chi connectivity index (χ4v) is 2.48. The number of nitrogens with zero attached hydrogens (tertiary/aromatic N) is 1. The maximum atomic E-state index is 12.5. The normalized spacial score (nSPS) is 10.3. The highest BCUT2D eigenvalue weighted by molar-refractivity contribution is 9.10. The average Bonchev–Trinajstić information content (AvgIpc) is 2.49. The van der Waals surface area contributed by atoms with Crippen molar-refractivity contribution in [1.29, 1.82) is 0 Å². The van der Waals surface area contributed by atoms with Crippen molar-refractivity contribution >= 4 is 33.4 Å². The number of benzene rings is 2. The van der Waals surface area contributed by atoms with E-state index in [0.717, 1.165) is 10.0 Å². The molecule has 3 nitrogen and oxygen atoms in total. The summed E-state index contributed by atoms with van der Waals surface area (Å²) < 4.78 is 5.91. The second-order valence-electron chi connectivity index (χ2n) is 4.63. The minimum atomic E-state index is -0.0734. The molecule has 0 atom stereocenters. The lowest BCUT2D eigenvalue weighted by Crippen LogP contribution is -2.26. The van der Waals surface area contributed by atoms with Crippen LogP contribution in [0.5, 0.6) is 5.75 Å². The molecule has 0 saturated heterocycles. The summed E-state index contributed by atoms with van der Waals surface area (Å²) in [6, 6.07) is 12.8. The lowest BCUT2D eigenvalue weighted by atomic mass is 10.1. The van der Waals surface area contributed by atoms with Gasteiger partial charge in [-0.2, -0.15) is 0 Å². The van der Waals surface area contributed by atoms with Crippen LogP contribution in [0.25, 0.3) is 0 Å². The highest BCUT2D eigenvalue weighted by atomic mass is 79.9. The summed E-state index contributed by atoms with van der Waals surface area (Å²) in [6.45, 7) is 0.514. The number of hydrogen-bond acceptors (Lipinski definition) is 2. The Bertz CT molecular complexity index is 643. The van der Waals surface area contributed by atoms with Gasteiger partial charge in [-0.15, -0.1) is 0 Å². The summed E-state index contributed by atoms with van der Waals surface area (Å²) in [7, 11) is 3.35. The van der Waals surface area contributed by atoms with Gasteiger partial charge in [-0.05, 0) is 51.8 Å². The van der Waals surface area contributed by atoms with Crippen LogP contribution < -0.4 is 4.74 Å². The van der Waals surface area contributed by atoms with Gasteiger partial charge in [0, 0.05) is 23.1 Å². The molecule has 21 heavy (non-hydrogen) atoms. The number of methoxy groups -OCH3 is 1. The molecule has 2 aromatic rings. The highest BCUT2D eigenvalue weighted by Crippen LogP contribution is 2.24. The summed E-state index contributed by atoms with van der Waals surface area (Å²) in [4.78, 5) is 14.2. The summed E-state index contributed by atoms with van der Waals surface area (Å²) >= 11 is 9.26. The first-order chi connectivity index (χ1) is 10.0. The van der Waals surface area contributed by atoms with Gasteiger partial charge in [0.05, 0.1) is 12.7 Å². The molecule has 2 rings (SSSR count). The van der Waals surface area contributed by atoms with Gasteiger partial charge in [-0.25, -0.2) is 0 Å². The molecule has 0 bridgehead atoms. The van der Waals surface area contributed by atoms with E-state index in [1.807, 2.05) is 30.3 Å². The smallest absolute Gasteiger partial charge is 0.255 e. The fraction of sp³-hybridized carbons (Fsp3) is 0.188. The molecule has 0 fully saturated rings. The number of amides is 1. The van der Waals surface area contributed by atoms with Crippen LogP contribution in [0.4, 0.5) is 0 Å². The van der Waals surface area contributed by atoms with Crippen molar-refractivity contribution in [3.8, 4) is 5.75 Å². The van der Waals surface area contributed by atoms with Crippen molar-refractivity contribution in [2.24, 2.45) is 0 Å². The van der Waals surface area contributed by atoms with Crippen LogP contribution in [0.3, 0.4) is 0 Å². The molecule has 0 aliphatic rings. The van der Waals surface area contributed by atoms with E-state index in [9.17, 15) is 4.79 Å². The molecule has 0 heterocycles. The number of ether oxygens (including phenoxy) is 1. The third-order valence-corrected chi connectivity index (χ3v) is 4.03. The molecule has 0 aromatic heterocycles. The molecular formula is C16H15BrClNO2. The lowest BCUT2D eigenvalue weighted by Gasteiger charge is -2.18. The maximum absolute atomic E-state index is 12.5. The summed E-state index contributed by atoms with van der Waals surface area (Å²) in [5.74, 6) is 0.581. The second kappa shape index (κ2) is 6.96. The SMILES string of the molecule is COc1ccc(Br)c(C(=O)N(C)Cc2ccc(Cl)cc2)c1. The van der Waals surface area contributed by atoms with Gasteiger partial charge in [0.15, 0.2) is 0 Å². The first-order valence-corrected chi connectivity index (χ1v) is 7.52. The van der Waals surface area contributed by atoms with Gasteiger partial charge < -0.3 is 9.64 Å². The van der Waals surface area contributed by atoms with E-state index in [1.165, 1.54) is 0 Å². The van der Waals surface area contributed by atoms with Crippen LogP contribution in [-0.4, -0.2) is 25.0 Å². The van der Waals surface area contributed by atoms with E-state index in [4.69, 9.17) is 16.3 Å². The Morgan fingerprint density at radius 3 is 2.52 bits per heavy atom. The zero-order chi connectivity index (χ0) is 15.4. The van der Waals surface area contributed by atoms with Crippen LogP contribution in [0, 0.1) is 0 Å². The topological polar surface area (TPSA) is 29.5 Å². The second-order valence-corrected chi connectivity index (χ2v) is 5.92. The van der Waals surface area contributed by atoms with E-state index in [2.05, 4.69) is 15.9 Å². The quantitative estimate of drug-likeness (QED) is 0.801. The summed E-state index contributed by atoms with van der Waals surface area (Å²) in [5, 5.41) is 0.684. The van der Waals surface area contributed by atoms with Gasteiger partial charge in [-0.1, -0.05) is 23.7 Å². The number of hydrogen-bond donors (Lipinski definition) is 0. The molecule has 0 saturated carbocycles. The molecule has 110 valence electrons. The predicted octanol–water partition coefficient (Wildman–Crippen LogP) is 4.38. The summed E-state index contributed by atoms with van der Waals surface area (Å²) in [5.41, 5.74) is 1.60. The number of halogens is 2. The van der Waals surface area contributed by atoms with Crippen molar-refractivity contribution in [3.05, 3.63) is 63.1 Å². The van der Waals surface area contributed by atoms with Crippen molar-refractivity contribution in [3.63, 3.8) is 0 Å². The first-order valence-electron chi connectivity index (χ1n) is 6.34. The van der Waals surface area contributed by atoms with Crippen LogP contribution >= 0.6 is 27.5 Å². The van der Waals surface area contributed by atoms with E-state index in [1.54, 1.807) is 31.2 Å². The Kier molecular flexibility index (Phi) is 5.26. The Morgan fingerprint density at radius 2 is 1.90 bits per heavy atom. The minimum absolute atomic E-state index is 0.0734. The van der Waals surface area contributed by atoms with Crippen LogP contribution in [0.2, 0.25) is 5.02 Å². The van der Waals surface area contributed by atoms with Crippen molar-refractivity contribution in [2.75, 3.05) is 14.2 Å². The molecule has 0 radical (unpaired) electrons. The fourth-order valence-electron chi connectivity index (χ4n) is 1.94. The molecule has 1 amide bonds. The van der Waals surface area contributed by atoms with Crippen LogP contribution in [-0.2, 0) is 6.54 Å². The van der Waals surface area contributed by atoms with Crippen molar-refractivity contribution in [1.82, 2.24) is 4.90 Å². The Balaban J connectivity index is 2.17. The Morgan fingerprint density at radius 1 is 1.24 bits per heavy atom. The van der Waals surface area contributed by atoms with Gasteiger partial charge >= 0.3 is 0 Å². The molecule has 0 aliphatic heterocycles. The van der Waals surface area contributed by atoms with E-state index >= 15 is 0 Å². The molecule has 0 unspecified atom stereocenters. The first kappa shape index (κ1) is 15.9. The van der Waals surface area contributed by atoms with E-state index in [-0.39, 0.29) is 5.91 Å². The van der Waals surface area contributed by atoms with Gasteiger partial charge in [-0.3, -0.25) is 4.79 Å². The maximum Gasteiger partial charge on any atom is 0.255 e. The lowest BCUT2D eigenvalue weighted by molar-refractivity contribution is 0.0784. The molecule has 0 spiro atoms. The highest BCUT2D eigenvalue weighted by Gasteiger charge is 2.16. The zero-order valence-electron chi connectivity index (χ0n) is 11.8. The van der Waals surface area contributed by atoms with E-state index in [0.29, 0.717) is 22.9 Å². The molecule has 5 heteroatoms. The Labute approximate surface area is 137 Å². The third-order valence-electron chi connectivity index (χ3n) is 3.08. The largest absolute Gasteiger partial charge is 0.497 e. The number of rotatable bonds is 4. The third kappa shape index (κ3) is 3.99. The van der Waals surface area contributed by atoms with Crippen LogP contribution in [0.15, 0.2) is 46.9 Å². The zero-order valence-corrected chi connectivity index (χ0v) is 14.1. The van der Waals surface area contributed by atoms with Crippen molar-refractivity contribution < 1.29 is 9.53 Å². The van der Waals surface area contributed by atoms with Gasteiger partial charge in [0.1, 0.15) is 5.75 Å². The number of carbonyl (C=O) groups is 1. The molecule has 2 aromatic carbocycles. The van der Waals surface area contributed by atoms with Gasteiger partial charge in [0.2, 0.25) is 0 Å². The minimum Gasteiger partial charge on any atom is -0.497 e. The van der Waals surface area contributed by atoms with Gasteiger partial charge in [0.25, 0.3) is 5.91 Å². The summed E-state index contributed by atoms with van der Waals surface area (Å²) in [6.07, 6.45) is 0. The monoisotopic (exact) mass is 367 g/mol. The molecule has 0 aliphatic carbocycles. The average molecular weight is 369 g/mol.